The van der Waals surface area contributed by atoms with Crippen LogP contribution in [0.3, 0.4) is 0 Å². The number of alkyl halides is 3. The molecule has 0 bridgehead atoms. The number of anilines is 4. The Balaban J connectivity index is 1.72. The van der Waals surface area contributed by atoms with Crippen LogP contribution in [-0.2, 0) is 6.18 Å². The van der Waals surface area contributed by atoms with Gasteiger partial charge in [0.2, 0.25) is 5.95 Å². The molecular formula is C16H11F4N5. The van der Waals surface area contributed by atoms with E-state index in [0.29, 0.717) is 17.2 Å². The molecule has 3 aromatic rings. The Labute approximate surface area is 139 Å². The molecule has 2 N–H and O–H groups in total. The van der Waals surface area contributed by atoms with Gasteiger partial charge in [-0.15, -0.1) is 5.10 Å². The average molecular weight is 349 g/mol. The van der Waals surface area contributed by atoms with Crippen molar-refractivity contribution in [1.29, 1.82) is 0 Å². The minimum atomic E-state index is -4.39. The van der Waals surface area contributed by atoms with E-state index in [9.17, 15) is 17.6 Å². The van der Waals surface area contributed by atoms with Gasteiger partial charge in [0.15, 0.2) is 5.82 Å². The molecule has 0 aliphatic carbocycles. The Morgan fingerprint density at radius 2 is 1.40 bits per heavy atom. The second-order valence-electron chi connectivity index (χ2n) is 5.00. The van der Waals surface area contributed by atoms with E-state index in [-0.39, 0.29) is 11.8 Å². The van der Waals surface area contributed by atoms with Crippen LogP contribution in [0.1, 0.15) is 5.56 Å². The summed E-state index contributed by atoms with van der Waals surface area (Å²) < 4.78 is 50.5. The van der Waals surface area contributed by atoms with E-state index in [1.165, 1.54) is 42.6 Å². The van der Waals surface area contributed by atoms with Crippen LogP contribution in [-0.4, -0.2) is 15.2 Å². The van der Waals surface area contributed by atoms with Crippen molar-refractivity contribution in [3.8, 4) is 0 Å². The molecule has 0 amide bonds. The molecule has 0 aliphatic heterocycles. The number of benzene rings is 2. The summed E-state index contributed by atoms with van der Waals surface area (Å²) in [7, 11) is 0. The first-order chi connectivity index (χ1) is 11.9. The van der Waals surface area contributed by atoms with E-state index in [4.69, 9.17) is 0 Å². The second kappa shape index (κ2) is 6.71. The number of halogens is 4. The molecule has 1 aromatic heterocycles. The number of nitrogens with one attached hydrogen (secondary N) is 2. The van der Waals surface area contributed by atoms with Gasteiger partial charge in [0.25, 0.3) is 0 Å². The third-order valence-corrected chi connectivity index (χ3v) is 3.14. The molecular weight excluding hydrogens is 338 g/mol. The lowest BCUT2D eigenvalue weighted by Crippen LogP contribution is -2.05. The number of hydrogen-bond donors (Lipinski definition) is 2. The number of hydrogen-bond acceptors (Lipinski definition) is 5. The van der Waals surface area contributed by atoms with Crippen LogP contribution in [0.15, 0.2) is 54.7 Å². The standard InChI is InChI=1S/C16H11F4N5/c17-11-3-7-12(8-4-11)22-14-9-21-25-15(24-14)23-13-5-1-10(2-6-13)16(18,19)20/h1-9H,(H2,22,23,24,25). The van der Waals surface area contributed by atoms with Crippen LogP contribution in [0.5, 0.6) is 0 Å². The fraction of sp³-hybridized carbons (Fsp3) is 0.0625. The Bertz CT molecular complexity index is 848. The van der Waals surface area contributed by atoms with E-state index < -0.39 is 11.7 Å². The Hall–Kier alpha value is -3.23. The van der Waals surface area contributed by atoms with Crippen LogP contribution < -0.4 is 10.6 Å². The van der Waals surface area contributed by atoms with Gasteiger partial charge >= 0.3 is 6.18 Å². The first-order valence-corrected chi connectivity index (χ1v) is 7.07. The quantitative estimate of drug-likeness (QED) is 0.678. The molecule has 0 fully saturated rings. The Morgan fingerprint density at radius 1 is 0.800 bits per heavy atom. The van der Waals surface area contributed by atoms with Crippen LogP contribution in [0.4, 0.5) is 40.7 Å². The molecule has 25 heavy (non-hydrogen) atoms. The molecule has 0 spiro atoms. The summed E-state index contributed by atoms with van der Waals surface area (Å²) in [4.78, 5) is 4.15. The molecule has 0 atom stereocenters. The van der Waals surface area contributed by atoms with Gasteiger partial charge in [-0.25, -0.2) is 4.39 Å². The smallest absolute Gasteiger partial charge is 0.339 e. The third-order valence-electron chi connectivity index (χ3n) is 3.14. The summed E-state index contributed by atoms with van der Waals surface area (Å²) in [6, 6.07) is 10.1. The molecule has 1 heterocycles. The maximum atomic E-state index is 12.9. The minimum absolute atomic E-state index is 0.104. The molecule has 5 nitrogen and oxygen atoms in total. The van der Waals surface area contributed by atoms with Crippen LogP contribution in [0.2, 0.25) is 0 Å². The monoisotopic (exact) mass is 349 g/mol. The van der Waals surface area contributed by atoms with Crippen molar-refractivity contribution < 1.29 is 17.6 Å². The lowest BCUT2D eigenvalue weighted by molar-refractivity contribution is -0.137. The van der Waals surface area contributed by atoms with Gasteiger partial charge in [-0.05, 0) is 48.5 Å². The van der Waals surface area contributed by atoms with Crippen molar-refractivity contribution in [2.75, 3.05) is 10.6 Å². The third kappa shape index (κ3) is 4.40. The summed E-state index contributed by atoms with van der Waals surface area (Å²) in [5.74, 6) is 0.0823. The molecule has 9 heteroatoms. The van der Waals surface area contributed by atoms with Gasteiger partial charge in [0.05, 0.1) is 11.8 Å². The minimum Gasteiger partial charge on any atom is -0.339 e. The highest BCUT2D eigenvalue weighted by Gasteiger charge is 2.29. The van der Waals surface area contributed by atoms with Crippen molar-refractivity contribution in [3.63, 3.8) is 0 Å². The lowest BCUT2D eigenvalue weighted by atomic mass is 10.2. The molecule has 128 valence electrons. The fourth-order valence-corrected chi connectivity index (χ4v) is 1.97. The van der Waals surface area contributed by atoms with E-state index in [1.807, 2.05) is 0 Å². The van der Waals surface area contributed by atoms with Crippen molar-refractivity contribution in [2.24, 2.45) is 0 Å². The van der Waals surface area contributed by atoms with Crippen molar-refractivity contribution in [1.82, 2.24) is 15.2 Å². The molecule has 0 aliphatic rings. The van der Waals surface area contributed by atoms with E-state index >= 15 is 0 Å². The SMILES string of the molecule is Fc1ccc(Nc2cnnc(Nc3ccc(C(F)(F)F)cc3)n2)cc1. The predicted octanol–water partition coefficient (Wildman–Crippen LogP) is 4.52. The topological polar surface area (TPSA) is 62.7 Å². The summed E-state index contributed by atoms with van der Waals surface area (Å²) >= 11 is 0. The Kier molecular flexibility index (Phi) is 4.46. The zero-order valence-corrected chi connectivity index (χ0v) is 12.5. The maximum Gasteiger partial charge on any atom is 0.416 e. The zero-order valence-electron chi connectivity index (χ0n) is 12.5. The fourth-order valence-electron chi connectivity index (χ4n) is 1.97. The van der Waals surface area contributed by atoms with Crippen molar-refractivity contribution in [2.45, 2.75) is 6.18 Å². The average Bonchev–Trinajstić information content (AvgIpc) is 2.57. The van der Waals surface area contributed by atoms with Gasteiger partial charge in [-0.2, -0.15) is 23.3 Å². The van der Waals surface area contributed by atoms with Crippen LogP contribution in [0, 0.1) is 5.82 Å². The van der Waals surface area contributed by atoms with Crippen molar-refractivity contribution >= 4 is 23.1 Å². The summed E-state index contributed by atoms with van der Waals surface area (Å²) in [6.07, 6.45) is -3.03. The summed E-state index contributed by atoms with van der Waals surface area (Å²) in [5.41, 5.74) is 0.236. The molecule has 0 radical (unpaired) electrons. The highest BCUT2D eigenvalue weighted by Crippen LogP contribution is 2.30. The normalized spacial score (nSPS) is 11.2. The van der Waals surface area contributed by atoms with Crippen molar-refractivity contribution in [3.05, 3.63) is 66.1 Å². The largest absolute Gasteiger partial charge is 0.416 e. The lowest BCUT2D eigenvalue weighted by Gasteiger charge is -2.09. The highest BCUT2D eigenvalue weighted by atomic mass is 19.4. The Morgan fingerprint density at radius 3 is 2.04 bits per heavy atom. The molecule has 3 rings (SSSR count). The predicted molar refractivity (Wildman–Crippen MR) is 84.2 cm³/mol. The van der Waals surface area contributed by atoms with Crippen LogP contribution in [0.25, 0.3) is 0 Å². The van der Waals surface area contributed by atoms with E-state index in [2.05, 4.69) is 25.8 Å². The van der Waals surface area contributed by atoms with Gasteiger partial charge < -0.3 is 10.6 Å². The molecule has 0 saturated heterocycles. The van der Waals surface area contributed by atoms with E-state index in [1.54, 1.807) is 0 Å². The number of rotatable bonds is 4. The summed E-state index contributed by atoms with van der Waals surface area (Å²) in [6.45, 7) is 0. The van der Waals surface area contributed by atoms with E-state index in [0.717, 1.165) is 12.1 Å². The van der Waals surface area contributed by atoms with Gasteiger partial charge in [0, 0.05) is 11.4 Å². The second-order valence-corrected chi connectivity index (χ2v) is 5.00. The zero-order chi connectivity index (χ0) is 17.9. The first-order valence-electron chi connectivity index (χ1n) is 7.07. The number of nitrogens with zero attached hydrogens (tertiary/aromatic N) is 3. The molecule has 0 saturated carbocycles. The van der Waals surface area contributed by atoms with Gasteiger partial charge in [0.1, 0.15) is 5.82 Å². The van der Waals surface area contributed by atoms with Gasteiger partial charge in [-0.3, -0.25) is 0 Å². The maximum absolute atomic E-state index is 12.9. The van der Waals surface area contributed by atoms with Crippen LogP contribution >= 0.6 is 0 Å². The number of aromatic nitrogens is 3. The summed E-state index contributed by atoms with van der Waals surface area (Å²) in [5, 5.41) is 13.2. The van der Waals surface area contributed by atoms with Gasteiger partial charge in [-0.1, -0.05) is 0 Å². The highest BCUT2D eigenvalue weighted by molar-refractivity contribution is 5.58. The molecule has 2 aromatic carbocycles. The first kappa shape index (κ1) is 16.6. The molecule has 0 unspecified atom stereocenters.